The summed E-state index contributed by atoms with van der Waals surface area (Å²) < 4.78 is 1.81. The van der Waals surface area contributed by atoms with Crippen molar-refractivity contribution in [1.82, 2.24) is 14.7 Å². The Bertz CT molecular complexity index is 653. The van der Waals surface area contributed by atoms with Gasteiger partial charge < -0.3 is 0 Å². The second-order valence-electron chi connectivity index (χ2n) is 4.29. The van der Waals surface area contributed by atoms with Gasteiger partial charge in [-0.2, -0.15) is 9.78 Å². The lowest BCUT2D eigenvalue weighted by molar-refractivity contribution is 0.639. The van der Waals surface area contributed by atoms with E-state index >= 15 is 0 Å². The summed E-state index contributed by atoms with van der Waals surface area (Å²) >= 11 is 0. The van der Waals surface area contributed by atoms with Crippen molar-refractivity contribution < 1.29 is 0 Å². The topological polar surface area (TPSA) is 45.8 Å². The standard InChI is InChI=1S/C13H11N5/c1-2-4-10(5-3-1)11-8-12-15-9-17-7-6-14-13(17)18(12)16-11/h1-5,8-9H,6-7H2. The van der Waals surface area contributed by atoms with Gasteiger partial charge in [-0.25, -0.2) is 9.98 Å². The molecule has 0 atom stereocenters. The summed E-state index contributed by atoms with van der Waals surface area (Å²) in [6.07, 6.45) is 1.83. The molecular weight excluding hydrogens is 226 g/mol. The van der Waals surface area contributed by atoms with E-state index < -0.39 is 0 Å². The van der Waals surface area contributed by atoms with E-state index in [-0.39, 0.29) is 0 Å². The molecule has 2 aliphatic heterocycles. The monoisotopic (exact) mass is 237 g/mol. The normalized spacial score (nSPS) is 16.4. The van der Waals surface area contributed by atoms with Gasteiger partial charge in [-0.3, -0.25) is 4.90 Å². The number of aliphatic imine (C=N–C) groups is 2. The fraction of sp³-hybridized carbons (Fsp3) is 0.154. The first kappa shape index (κ1) is 9.58. The SMILES string of the molecule is C1=Nc2cc(-c3ccccc3)nn2C2=NCCN12. The zero-order chi connectivity index (χ0) is 11.9. The van der Waals surface area contributed by atoms with Gasteiger partial charge in [0.2, 0.25) is 5.96 Å². The number of hydrogen-bond donors (Lipinski definition) is 0. The van der Waals surface area contributed by atoms with E-state index in [1.807, 2.05) is 52.3 Å². The maximum atomic E-state index is 4.59. The Kier molecular flexibility index (Phi) is 1.88. The highest BCUT2D eigenvalue weighted by atomic mass is 15.5. The van der Waals surface area contributed by atoms with E-state index in [9.17, 15) is 0 Å². The van der Waals surface area contributed by atoms with Crippen molar-refractivity contribution in [3.8, 4) is 11.3 Å². The minimum absolute atomic E-state index is 0.807. The predicted octanol–water partition coefficient (Wildman–Crippen LogP) is 1.74. The Morgan fingerprint density at radius 1 is 1.11 bits per heavy atom. The average Bonchev–Trinajstić information content (AvgIpc) is 3.05. The summed E-state index contributed by atoms with van der Waals surface area (Å²) in [5.74, 6) is 1.72. The molecule has 5 nitrogen and oxygen atoms in total. The third-order valence-corrected chi connectivity index (χ3v) is 3.13. The fourth-order valence-electron chi connectivity index (χ4n) is 2.24. The van der Waals surface area contributed by atoms with Crippen LogP contribution in [-0.2, 0) is 0 Å². The Hall–Kier alpha value is -2.43. The quantitative estimate of drug-likeness (QED) is 0.758. The Morgan fingerprint density at radius 3 is 2.89 bits per heavy atom. The van der Waals surface area contributed by atoms with Crippen molar-refractivity contribution in [2.24, 2.45) is 9.98 Å². The van der Waals surface area contributed by atoms with Crippen molar-refractivity contribution in [3.05, 3.63) is 36.4 Å². The van der Waals surface area contributed by atoms with E-state index in [1.165, 1.54) is 0 Å². The molecule has 2 aromatic rings. The molecule has 0 fully saturated rings. The molecule has 0 amide bonds. The van der Waals surface area contributed by atoms with E-state index in [4.69, 9.17) is 0 Å². The highest BCUT2D eigenvalue weighted by molar-refractivity contribution is 5.97. The Labute approximate surface area is 104 Å². The van der Waals surface area contributed by atoms with Crippen LogP contribution in [0.15, 0.2) is 46.4 Å². The van der Waals surface area contributed by atoms with Gasteiger partial charge in [-0.1, -0.05) is 30.3 Å². The first-order valence-electron chi connectivity index (χ1n) is 5.93. The van der Waals surface area contributed by atoms with Gasteiger partial charge in [0, 0.05) is 18.2 Å². The number of benzene rings is 1. The van der Waals surface area contributed by atoms with Gasteiger partial charge in [0.1, 0.15) is 0 Å². The fourth-order valence-corrected chi connectivity index (χ4v) is 2.24. The van der Waals surface area contributed by atoms with Crippen molar-refractivity contribution >= 4 is 18.1 Å². The van der Waals surface area contributed by atoms with Crippen molar-refractivity contribution in [3.63, 3.8) is 0 Å². The number of hydrogen-bond acceptors (Lipinski definition) is 4. The van der Waals surface area contributed by atoms with Crippen LogP contribution in [0.3, 0.4) is 0 Å². The Morgan fingerprint density at radius 2 is 2.00 bits per heavy atom. The summed E-state index contributed by atoms with van der Waals surface area (Å²) in [4.78, 5) is 10.9. The zero-order valence-corrected chi connectivity index (χ0v) is 9.69. The lowest BCUT2D eigenvalue weighted by Gasteiger charge is -2.18. The van der Waals surface area contributed by atoms with Crippen molar-refractivity contribution in [2.45, 2.75) is 0 Å². The minimum Gasteiger partial charge on any atom is -0.299 e. The third kappa shape index (κ3) is 1.30. The van der Waals surface area contributed by atoms with Crippen LogP contribution in [-0.4, -0.2) is 40.1 Å². The number of rotatable bonds is 1. The maximum absolute atomic E-state index is 4.59. The lowest BCUT2D eigenvalue weighted by Crippen LogP contribution is -2.34. The first-order valence-corrected chi connectivity index (χ1v) is 5.93. The number of aromatic nitrogens is 2. The zero-order valence-electron chi connectivity index (χ0n) is 9.69. The summed E-state index contributed by atoms with van der Waals surface area (Å²) in [6, 6.07) is 12.1. The van der Waals surface area contributed by atoms with Crippen LogP contribution in [0.1, 0.15) is 0 Å². The molecule has 18 heavy (non-hydrogen) atoms. The average molecular weight is 237 g/mol. The van der Waals surface area contributed by atoms with Crippen molar-refractivity contribution in [2.75, 3.05) is 13.1 Å². The van der Waals surface area contributed by atoms with E-state index in [1.54, 1.807) is 0 Å². The third-order valence-electron chi connectivity index (χ3n) is 3.13. The molecule has 0 bridgehead atoms. The molecule has 0 spiro atoms. The number of fused-ring (bicyclic) bond motifs is 3. The van der Waals surface area contributed by atoms with Crippen LogP contribution in [0.5, 0.6) is 0 Å². The molecule has 0 aliphatic carbocycles. The van der Waals surface area contributed by atoms with Crippen molar-refractivity contribution in [1.29, 1.82) is 0 Å². The molecule has 3 heterocycles. The largest absolute Gasteiger partial charge is 0.299 e. The number of nitrogens with zero attached hydrogens (tertiary/aromatic N) is 5. The second kappa shape index (κ2) is 3.53. The highest BCUT2D eigenvalue weighted by Gasteiger charge is 2.24. The molecule has 0 unspecified atom stereocenters. The summed E-state index contributed by atoms with van der Waals surface area (Å²) in [5.41, 5.74) is 2.03. The molecule has 1 aromatic heterocycles. The maximum Gasteiger partial charge on any atom is 0.229 e. The van der Waals surface area contributed by atoms with Crippen LogP contribution in [0.4, 0.5) is 5.82 Å². The summed E-state index contributed by atoms with van der Waals surface area (Å²) in [6.45, 7) is 1.69. The molecule has 2 aliphatic rings. The molecule has 88 valence electrons. The van der Waals surface area contributed by atoms with E-state index in [0.717, 1.165) is 36.1 Å². The molecule has 5 heteroatoms. The van der Waals surface area contributed by atoms with Crippen LogP contribution in [0.2, 0.25) is 0 Å². The van der Waals surface area contributed by atoms with Crippen LogP contribution in [0, 0.1) is 0 Å². The van der Waals surface area contributed by atoms with Gasteiger partial charge in [0.15, 0.2) is 5.82 Å². The molecular formula is C13H11N5. The van der Waals surface area contributed by atoms with E-state index in [0.29, 0.717) is 0 Å². The second-order valence-corrected chi connectivity index (χ2v) is 4.29. The molecule has 0 radical (unpaired) electrons. The molecule has 1 aromatic carbocycles. The molecule has 0 saturated heterocycles. The van der Waals surface area contributed by atoms with E-state index in [2.05, 4.69) is 15.1 Å². The predicted molar refractivity (Wildman–Crippen MR) is 70.2 cm³/mol. The van der Waals surface area contributed by atoms with Gasteiger partial charge in [0.25, 0.3) is 0 Å². The summed E-state index contributed by atoms with van der Waals surface area (Å²) in [7, 11) is 0. The van der Waals surface area contributed by atoms with Gasteiger partial charge >= 0.3 is 0 Å². The van der Waals surface area contributed by atoms with Gasteiger partial charge in [-0.05, 0) is 0 Å². The van der Waals surface area contributed by atoms with Crippen LogP contribution >= 0.6 is 0 Å². The lowest BCUT2D eigenvalue weighted by atomic mass is 10.2. The van der Waals surface area contributed by atoms with Gasteiger partial charge in [-0.15, -0.1) is 0 Å². The first-order chi connectivity index (χ1) is 8.92. The minimum atomic E-state index is 0.807. The smallest absolute Gasteiger partial charge is 0.229 e. The van der Waals surface area contributed by atoms with Crippen LogP contribution < -0.4 is 0 Å². The highest BCUT2D eigenvalue weighted by Crippen LogP contribution is 2.26. The summed E-state index contributed by atoms with van der Waals surface area (Å²) in [5, 5.41) is 4.59. The Balaban J connectivity index is 1.85. The molecule has 0 saturated carbocycles. The van der Waals surface area contributed by atoms with Gasteiger partial charge in [0.05, 0.1) is 18.6 Å². The molecule has 0 N–H and O–H groups in total. The molecule has 4 rings (SSSR count). The van der Waals surface area contributed by atoms with Crippen LogP contribution in [0.25, 0.3) is 11.3 Å².